The van der Waals surface area contributed by atoms with Crippen molar-refractivity contribution in [3.05, 3.63) is 66.5 Å². The fourth-order valence-electron chi connectivity index (χ4n) is 0.784. The Kier molecular flexibility index (Phi) is 7.94. The van der Waals surface area contributed by atoms with Gasteiger partial charge in [0.15, 0.2) is 0 Å². The molecule has 1 heterocycles. The third-order valence-corrected chi connectivity index (χ3v) is 1.42. The standard InChI is InChI=1S/C6H4NO2.C6H5.Ir/c8-6(9)5-3-1-2-4-7-5;1-2-4-6-5-3-1;/h1-2,4H,(H,8,9);1-5H;/q2*-1;+3. The van der Waals surface area contributed by atoms with Crippen LogP contribution in [-0.2, 0) is 20.1 Å². The van der Waals surface area contributed by atoms with Gasteiger partial charge in [-0.15, -0.1) is 12.1 Å². The van der Waals surface area contributed by atoms with Gasteiger partial charge in [0.05, 0.1) is 0 Å². The van der Waals surface area contributed by atoms with Gasteiger partial charge in [-0.3, -0.25) is 4.98 Å². The number of carboxylic acid groups (broad SMARTS) is 1. The van der Waals surface area contributed by atoms with Crippen LogP contribution in [0, 0.1) is 12.1 Å². The molecule has 0 atom stereocenters. The smallest absolute Gasteiger partial charge is 0.533 e. The van der Waals surface area contributed by atoms with Gasteiger partial charge in [-0.05, 0) is 6.20 Å². The van der Waals surface area contributed by atoms with Crippen molar-refractivity contribution in [2.45, 2.75) is 0 Å². The van der Waals surface area contributed by atoms with Gasteiger partial charge >= 0.3 is 20.1 Å². The van der Waals surface area contributed by atoms with Crippen LogP contribution in [0.1, 0.15) is 10.5 Å². The second kappa shape index (κ2) is 8.77. The summed E-state index contributed by atoms with van der Waals surface area (Å²) in [6, 6.07) is 18.1. The predicted molar refractivity (Wildman–Crippen MR) is 55.3 cm³/mol. The van der Waals surface area contributed by atoms with Crippen molar-refractivity contribution < 1.29 is 30.0 Å². The fourth-order valence-corrected chi connectivity index (χ4v) is 0.784. The van der Waals surface area contributed by atoms with Gasteiger partial charge < -0.3 is 9.90 Å². The van der Waals surface area contributed by atoms with Gasteiger partial charge in [-0.25, -0.2) is 0 Å². The third-order valence-electron chi connectivity index (χ3n) is 1.42. The number of rotatable bonds is 1. The molecule has 0 aliphatic heterocycles. The number of nitrogens with zero attached hydrogens (tertiary/aromatic N) is 1. The molecule has 0 fully saturated rings. The molecule has 0 saturated carbocycles. The zero-order valence-corrected chi connectivity index (χ0v) is 10.6. The Morgan fingerprint density at radius 1 is 1.12 bits per heavy atom. The Bertz CT molecular complexity index is 366. The maximum atomic E-state index is 10.1. The quantitative estimate of drug-likeness (QED) is 0.758. The molecular formula is C12H9IrNO2+. The molecule has 0 aliphatic carbocycles. The number of benzene rings is 1. The van der Waals surface area contributed by atoms with Crippen molar-refractivity contribution in [3.63, 3.8) is 0 Å². The van der Waals surface area contributed by atoms with Crippen molar-refractivity contribution in [2.75, 3.05) is 0 Å². The molecule has 2 rings (SSSR count). The fraction of sp³-hybridized carbons (Fsp3) is 0. The Labute approximate surface area is 108 Å². The van der Waals surface area contributed by atoms with E-state index in [9.17, 15) is 4.79 Å². The second-order valence-corrected chi connectivity index (χ2v) is 2.51. The molecule has 0 amide bonds. The second-order valence-electron chi connectivity index (χ2n) is 2.51. The zero-order chi connectivity index (χ0) is 10.9. The first-order chi connectivity index (χ1) is 7.30. The summed E-state index contributed by atoms with van der Waals surface area (Å²) in [5, 5.41) is 8.29. The minimum absolute atomic E-state index is 0. The Morgan fingerprint density at radius 3 is 2.06 bits per heavy atom. The molecule has 0 bridgehead atoms. The molecular weight excluding hydrogens is 382 g/mol. The maximum Gasteiger partial charge on any atom is 3.00 e. The van der Waals surface area contributed by atoms with Crippen LogP contribution in [0.25, 0.3) is 0 Å². The van der Waals surface area contributed by atoms with Gasteiger partial charge in [0.1, 0.15) is 0 Å². The van der Waals surface area contributed by atoms with Crippen molar-refractivity contribution >= 4 is 5.97 Å². The summed E-state index contributed by atoms with van der Waals surface area (Å²) in [4.78, 5) is 13.6. The molecule has 0 unspecified atom stereocenters. The molecule has 1 aromatic carbocycles. The van der Waals surface area contributed by atoms with Gasteiger partial charge in [-0.2, -0.15) is 42.5 Å². The van der Waals surface area contributed by atoms with Crippen LogP contribution >= 0.6 is 0 Å². The molecule has 1 N–H and O–H groups in total. The van der Waals surface area contributed by atoms with Gasteiger partial charge in [0, 0.05) is 5.69 Å². The number of hydrogen-bond donors (Lipinski definition) is 1. The SMILES string of the molecule is O=C(O)c1[c-]cccn1.[Ir+3].[c-]1ccccc1. The third kappa shape index (κ3) is 6.06. The van der Waals surface area contributed by atoms with E-state index in [-0.39, 0.29) is 25.8 Å². The van der Waals surface area contributed by atoms with E-state index in [1.165, 1.54) is 12.3 Å². The molecule has 2 aromatic rings. The topological polar surface area (TPSA) is 50.2 Å². The van der Waals surface area contributed by atoms with E-state index in [4.69, 9.17) is 5.11 Å². The predicted octanol–water partition coefficient (Wildman–Crippen LogP) is 2.06. The van der Waals surface area contributed by atoms with E-state index in [0.717, 1.165) is 0 Å². The summed E-state index contributed by atoms with van der Waals surface area (Å²) in [7, 11) is 0. The molecule has 0 aliphatic rings. The van der Waals surface area contributed by atoms with Crippen molar-refractivity contribution in [1.29, 1.82) is 0 Å². The van der Waals surface area contributed by atoms with Crippen LogP contribution in [0.5, 0.6) is 0 Å². The molecule has 4 heteroatoms. The van der Waals surface area contributed by atoms with Crippen molar-refractivity contribution in [2.24, 2.45) is 0 Å². The first-order valence-corrected chi connectivity index (χ1v) is 4.28. The van der Waals surface area contributed by atoms with Gasteiger partial charge in [-0.1, -0.05) is 0 Å². The largest absolute Gasteiger partial charge is 3.00 e. The van der Waals surface area contributed by atoms with Crippen LogP contribution in [0.3, 0.4) is 0 Å². The first-order valence-electron chi connectivity index (χ1n) is 4.28. The molecule has 0 radical (unpaired) electrons. The normalized spacial score (nSPS) is 8.00. The van der Waals surface area contributed by atoms with Crippen molar-refractivity contribution in [3.8, 4) is 0 Å². The van der Waals surface area contributed by atoms with Crippen LogP contribution in [0.15, 0.2) is 48.7 Å². The van der Waals surface area contributed by atoms with Gasteiger partial charge in [0.2, 0.25) is 5.97 Å². The summed E-state index contributed by atoms with van der Waals surface area (Å²) in [6.07, 6.45) is 1.42. The molecule has 0 saturated heterocycles. The van der Waals surface area contributed by atoms with E-state index < -0.39 is 5.97 Å². The Hall–Kier alpha value is -1.51. The monoisotopic (exact) mass is 392 g/mol. The van der Waals surface area contributed by atoms with E-state index in [0.29, 0.717) is 0 Å². The molecule has 82 valence electrons. The van der Waals surface area contributed by atoms with E-state index in [1.54, 1.807) is 6.07 Å². The number of hydrogen-bond acceptors (Lipinski definition) is 2. The summed E-state index contributed by atoms with van der Waals surface area (Å²) >= 11 is 0. The number of carboxylic acids is 1. The minimum Gasteiger partial charge on any atom is -0.533 e. The first kappa shape index (κ1) is 14.5. The molecule has 3 nitrogen and oxygen atoms in total. The van der Waals surface area contributed by atoms with E-state index in [1.807, 2.05) is 30.3 Å². The summed E-state index contributed by atoms with van der Waals surface area (Å²) in [5.74, 6) is -1.05. The van der Waals surface area contributed by atoms with Crippen LogP contribution in [0.2, 0.25) is 0 Å². The average molecular weight is 391 g/mol. The van der Waals surface area contributed by atoms with Crippen LogP contribution in [0.4, 0.5) is 0 Å². The van der Waals surface area contributed by atoms with Gasteiger partial charge in [0.25, 0.3) is 0 Å². The summed E-state index contributed by atoms with van der Waals surface area (Å²) in [5.41, 5.74) is -0.0440. The molecule has 1 aromatic heterocycles. The van der Waals surface area contributed by atoms with E-state index >= 15 is 0 Å². The summed E-state index contributed by atoms with van der Waals surface area (Å²) in [6.45, 7) is 0. The average Bonchev–Trinajstić information content (AvgIpc) is 2.33. The van der Waals surface area contributed by atoms with Crippen LogP contribution in [-0.4, -0.2) is 16.1 Å². The Balaban J connectivity index is 0.000000283. The number of aromatic carboxylic acids is 1. The molecule has 0 spiro atoms. The number of carbonyl (C=O) groups is 1. The van der Waals surface area contributed by atoms with E-state index in [2.05, 4.69) is 17.1 Å². The zero-order valence-electron chi connectivity index (χ0n) is 8.25. The number of aromatic nitrogens is 1. The Morgan fingerprint density at radius 2 is 1.81 bits per heavy atom. The number of pyridine rings is 1. The maximum absolute atomic E-state index is 10.1. The van der Waals surface area contributed by atoms with Crippen molar-refractivity contribution in [1.82, 2.24) is 4.98 Å². The summed E-state index contributed by atoms with van der Waals surface area (Å²) < 4.78 is 0. The van der Waals surface area contributed by atoms with Crippen LogP contribution < -0.4 is 0 Å². The minimum atomic E-state index is -1.05. The molecule has 16 heavy (non-hydrogen) atoms.